The van der Waals surface area contributed by atoms with E-state index in [-0.39, 0.29) is 37.0 Å². The lowest BCUT2D eigenvalue weighted by molar-refractivity contribution is -0.130. The summed E-state index contributed by atoms with van der Waals surface area (Å²) in [6.45, 7) is 3.76. The molecule has 3 amide bonds. The molecule has 2 heterocycles. The molecule has 7 nitrogen and oxygen atoms in total. The highest BCUT2D eigenvalue weighted by atomic mass is 16.6. The Morgan fingerprint density at radius 1 is 1.25 bits per heavy atom. The molecule has 0 spiro atoms. The van der Waals surface area contributed by atoms with E-state index in [1.54, 1.807) is 4.90 Å². The first-order valence-corrected chi connectivity index (χ1v) is 10.0. The molecule has 0 N–H and O–H groups in total. The van der Waals surface area contributed by atoms with E-state index < -0.39 is 6.09 Å². The summed E-state index contributed by atoms with van der Waals surface area (Å²) in [5, 5.41) is 0. The van der Waals surface area contributed by atoms with E-state index in [4.69, 9.17) is 9.47 Å². The van der Waals surface area contributed by atoms with Gasteiger partial charge in [0.1, 0.15) is 6.61 Å². The fraction of sp³-hybridized carbons (Fsp3) is 0.571. The number of ether oxygens (including phenoxy) is 2. The smallest absolute Gasteiger partial charge is 0.416 e. The number of cyclic esters (lactones) is 1. The van der Waals surface area contributed by atoms with Gasteiger partial charge in [0.15, 0.2) is 0 Å². The summed E-state index contributed by atoms with van der Waals surface area (Å²) < 4.78 is 10.4. The summed E-state index contributed by atoms with van der Waals surface area (Å²) in [5.74, 6) is -0.188. The number of amides is 3. The van der Waals surface area contributed by atoms with Crippen LogP contribution in [0.4, 0.5) is 9.59 Å². The second-order valence-corrected chi connectivity index (χ2v) is 7.46. The Kier molecular flexibility index (Phi) is 6.90. The van der Waals surface area contributed by atoms with Crippen LogP contribution in [-0.4, -0.2) is 60.2 Å². The zero-order chi connectivity index (χ0) is 19.9. The van der Waals surface area contributed by atoms with Gasteiger partial charge in [0, 0.05) is 19.5 Å². The lowest BCUT2D eigenvalue weighted by atomic mass is 10.0. The van der Waals surface area contributed by atoms with Crippen LogP contribution in [0.2, 0.25) is 0 Å². The van der Waals surface area contributed by atoms with Gasteiger partial charge in [-0.2, -0.15) is 0 Å². The molecule has 0 radical (unpaired) electrons. The van der Waals surface area contributed by atoms with Gasteiger partial charge in [-0.3, -0.25) is 4.79 Å². The summed E-state index contributed by atoms with van der Waals surface area (Å²) >= 11 is 0. The van der Waals surface area contributed by atoms with Crippen molar-refractivity contribution in [3.8, 4) is 0 Å². The van der Waals surface area contributed by atoms with E-state index in [2.05, 4.69) is 0 Å². The molecule has 1 aromatic rings. The van der Waals surface area contributed by atoms with Crippen LogP contribution in [0.15, 0.2) is 30.3 Å². The molecule has 2 saturated heterocycles. The van der Waals surface area contributed by atoms with Gasteiger partial charge in [-0.1, -0.05) is 43.7 Å². The zero-order valence-corrected chi connectivity index (χ0v) is 16.3. The molecule has 152 valence electrons. The lowest BCUT2D eigenvalue weighted by Crippen LogP contribution is -2.41. The third-order valence-corrected chi connectivity index (χ3v) is 5.27. The van der Waals surface area contributed by atoms with Crippen molar-refractivity contribution in [2.24, 2.45) is 5.92 Å². The SMILES string of the molecule is CCCCOC(=O)N1CC[C@@H](CC(=O)N2C(=O)OC[C@H]2Cc2ccccc2)C1. The number of carbonyl (C=O) groups excluding carboxylic acids is 3. The first-order valence-electron chi connectivity index (χ1n) is 10.0. The van der Waals surface area contributed by atoms with Crippen molar-refractivity contribution in [1.29, 1.82) is 0 Å². The number of likely N-dealkylation sites (tertiary alicyclic amines) is 1. The maximum Gasteiger partial charge on any atom is 0.416 e. The molecule has 1 aromatic carbocycles. The van der Waals surface area contributed by atoms with Gasteiger partial charge in [0.2, 0.25) is 5.91 Å². The Morgan fingerprint density at radius 3 is 2.79 bits per heavy atom. The van der Waals surface area contributed by atoms with Crippen molar-refractivity contribution < 1.29 is 23.9 Å². The first kappa shape index (κ1) is 20.2. The largest absolute Gasteiger partial charge is 0.449 e. The van der Waals surface area contributed by atoms with Crippen LogP contribution in [-0.2, 0) is 20.7 Å². The molecule has 3 rings (SSSR count). The molecule has 0 aliphatic carbocycles. The van der Waals surface area contributed by atoms with Gasteiger partial charge in [-0.05, 0) is 30.7 Å². The van der Waals surface area contributed by atoms with Crippen LogP contribution in [0.25, 0.3) is 0 Å². The van der Waals surface area contributed by atoms with Crippen LogP contribution in [0.1, 0.15) is 38.2 Å². The van der Waals surface area contributed by atoms with E-state index in [0.29, 0.717) is 26.1 Å². The average molecular weight is 388 g/mol. The second kappa shape index (κ2) is 9.57. The van der Waals surface area contributed by atoms with E-state index in [1.165, 1.54) is 4.90 Å². The first-order chi connectivity index (χ1) is 13.6. The molecular weight excluding hydrogens is 360 g/mol. The monoisotopic (exact) mass is 388 g/mol. The highest BCUT2D eigenvalue weighted by molar-refractivity contribution is 5.93. The van der Waals surface area contributed by atoms with Crippen molar-refractivity contribution in [3.05, 3.63) is 35.9 Å². The fourth-order valence-electron chi connectivity index (χ4n) is 3.71. The normalized spacial score (nSPS) is 21.7. The molecule has 7 heteroatoms. The molecule has 2 aliphatic rings. The minimum absolute atomic E-state index is 0.0389. The molecule has 28 heavy (non-hydrogen) atoms. The topological polar surface area (TPSA) is 76.2 Å². The maximum atomic E-state index is 12.8. The van der Waals surface area contributed by atoms with E-state index in [9.17, 15) is 14.4 Å². The molecule has 0 aromatic heterocycles. The second-order valence-electron chi connectivity index (χ2n) is 7.46. The third-order valence-electron chi connectivity index (χ3n) is 5.27. The van der Waals surface area contributed by atoms with Crippen LogP contribution in [0, 0.1) is 5.92 Å². The number of nitrogens with zero attached hydrogens (tertiary/aromatic N) is 2. The molecular formula is C21H28N2O5. The number of carbonyl (C=O) groups is 3. The Bertz CT molecular complexity index is 693. The number of benzene rings is 1. The minimum Gasteiger partial charge on any atom is -0.449 e. The third kappa shape index (κ3) is 5.03. The molecule has 0 bridgehead atoms. The Morgan fingerprint density at radius 2 is 2.04 bits per heavy atom. The van der Waals surface area contributed by atoms with Gasteiger partial charge in [-0.15, -0.1) is 0 Å². The van der Waals surface area contributed by atoms with Gasteiger partial charge in [0.05, 0.1) is 12.6 Å². The van der Waals surface area contributed by atoms with Crippen molar-refractivity contribution in [2.45, 2.75) is 45.1 Å². The summed E-state index contributed by atoms with van der Waals surface area (Å²) in [5.41, 5.74) is 1.06. The number of rotatable bonds is 7. The predicted molar refractivity (Wildman–Crippen MR) is 103 cm³/mol. The van der Waals surface area contributed by atoms with E-state index in [0.717, 1.165) is 24.8 Å². The maximum absolute atomic E-state index is 12.8. The summed E-state index contributed by atoms with van der Waals surface area (Å²) in [6, 6.07) is 9.48. The van der Waals surface area contributed by atoms with Crippen LogP contribution in [0.5, 0.6) is 0 Å². The van der Waals surface area contributed by atoms with Gasteiger partial charge in [0.25, 0.3) is 0 Å². The minimum atomic E-state index is -0.570. The Labute approximate surface area is 165 Å². The summed E-state index contributed by atoms with van der Waals surface area (Å²) in [7, 11) is 0. The fourth-order valence-corrected chi connectivity index (χ4v) is 3.71. The van der Waals surface area contributed by atoms with Crippen molar-refractivity contribution in [2.75, 3.05) is 26.3 Å². The Hall–Kier alpha value is -2.57. The van der Waals surface area contributed by atoms with E-state index in [1.807, 2.05) is 37.3 Å². The van der Waals surface area contributed by atoms with Gasteiger partial charge >= 0.3 is 12.2 Å². The van der Waals surface area contributed by atoms with Crippen molar-refractivity contribution >= 4 is 18.1 Å². The predicted octanol–water partition coefficient (Wildman–Crippen LogP) is 3.23. The summed E-state index contributed by atoms with van der Waals surface area (Å²) in [4.78, 5) is 39.9. The van der Waals surface area contributed by atoms with Crippen LogP contribution in [0.3, 0.4) is 0 Å². The number of hydrogen-bond donors (Lipinski definition) is 0. The number of unbranched alkanes of at least 4 members (excludes halogenated alkanes) is 1. The molecule has 0 unspecified atom stereocenters. The number of imide groups is 1. The molecule has 2 fully saturated rings. The Balaban J connectivity index is 1.52. The lowest BCUT2D eigenvalue weighted by Gasteiger charge is -2.21. The summed E-state index contributed by atoms with van der Waals surface area (Å²) in [6.07, 6.45) is 2.49. The van der Waals surface area contributed by atoms with Crippen LogP contribution < -0.4 is 0 Å². The van der Waals surface area contributed by atoms with E-state index >= 15 is 0 Å². The van der Waals surface area contributed by atoms with Crippen LogP contribution >= 0.6 is 0 Å². The van der Waals surface area contributed by atoms with Gasteiger partial charge in [-0.25, -0.2) is 14.5 Å². The van der Waals surface area contributed by atoms with Gasteiger partial charge < -0.3 is 14.4 Å². The van der Waals surface area contributed by atoms with Crippen molar-refractivity contribution in [1.82, 2.24) is 9.80 Å². The number of hydrogen-bond acceptors (Lipinski definition) is 5. The molecule has 0 saturated carbocycles. The average Bonchev–Trinajstić information content (AvgIpc) is 3.29. The highest BCUT2D eigenvalue weighted by Gasteiger charge is 2.39. The van der Waals surface area contributed by atoms with Crippen molar-refractivity contribution in [3.63, 3.8) is 0 Å². The molecule has 2 atom stereocenters. The zero-order valence-electron chi connectivity index (χ0n) is 16.3. The highest BCUT2D eigenvalue weighted by Crippen LogP contribution is 2.24. The molecule has 2 aliphatic heterocycles. The standard InChI is InChI=1S/C21H28N2O5/c1-2-3-11-27-20(25)22-10-9-17(14-22)13-19(24)23-18(15-28-21(23)26)12-16-7-5-4-6-8-16/h4-8,17-18H,2-3,9-15H2,1H3/t17-,18+/m0/s1. The quantitative estimate of drug-likeness (QED) is 0.671.